The van der Waals surface area contributed by atoms with Gasteiger partial charge in [0.15, 0.2) is 0 Å². The Morgan fingerprint density at radius 2 is 0.512 bits per heavy atom. The Hall–Kier alpha value is -9.92. The number of H-pyrrole nitrogens is 4. The number of aromatic amines is 4. The summed E-state index contributed by atoms with van der Waals surface area (Å²) in [4.78, 5) is 28.2. The number of fused-ring (bicyclic) bond motifs is 8. The lowest BCUT2D eigenvalue weighted by atomic mass is 9.92. The van der Waals surface area contributed by atoms with Gasteiger partial charge in [-0.1, -0.05) is 182 Å². The molecule has 0 saturated heterocycles. The van der Waals surface area contributed by atoms with Gasteiger partial charge in [-0.2, -0.15) is 0 Å². The molecule has 0 saturated carbocycles. The highest BCUT2D eigenvalue weighted by Crippen LogP contribution is 2.48. The number of rotatable bonds is 8. The van der Waals surface area contributed by atoms with Gasteiger partial charge in [0.2, 0.25) is 0 Å². The molecule has 13 aromatic rings. The fraction of sp³-hybridized carbons (Fsp3) is 0.111. The van der Waals surface area contributed by atoms with E-state index in [-0.39, 0.29) is 0 Å². The van der Waals surface area contributed by atoms with Gasteiger partial charge in [0.25, 0.3) is 0 Å². The number of hydrogen-bond donors (Lipinski definition) is 4. The van der Waals surface area contributed by atoms with Crippen molar-refractivity contribution in [3.8, 4) is 78.1 Å². The van der Waals surface area contributed by atoms with Crippen molar-refractivity contribution >= 4 is 45.2 Å². The van der Waals surface area contributed by atoms with Crippen LogP contribution in [0.5, 0.6) is 0 Å². The van der Waals surface area contributed by atoms with Crippen molar-refractivity contribution in [2.75, 3.05) is 0 Å². The van der Waals surface area contributed by atoms with Crippen LogP contribution in [0.4, 0.5) is 0 Å². The fourth-order valence-corrected chi connectivity index (χ4v) is 12.0. The van der Waals surface area contributed by atoms with Crippen molar-refractivity contribution in [1.29, 1.82) is 0 Å². The molecule has 0 aliphatic heterocycles. The molecule has 5 heterocycles. The Morgan fingerprint density at radius 3 is 0.812 bits per heavy atom. The van der Waals surface area contributed by atoms with Gasteiger partial charge in [0.1, 0.15) is 45.2 Å². The molecule has 8 bridgehead atoms. The van der Waals surface area contributed by atoms with Crippen LogP contribution in [-0.4, -0.2) is 39.0 Å². The number of nitrogens with zero attached hydrogens (tertiary/aromatic N) is 4. The molecule has 8 aromatic carbocycles. The Kier molecular flexibility index (Phi) is 12.5. The average Bonchev–Trinajstić information content (AvgIpc) is 4.22. The molecule has 0 aliphatic rings. The Bertz CT molecular complexity index is 4420. The second kappa shape index (κ2) is 20.1. The molecule has 13 rings (SSSR count). The number of hydrogen-bond acceptors (Lipinski definition) is 2. The van der Waals surface area contributed by atoms with E-state index in [1.165, 1.54) is 0 Å². The lowest BCUT2D eigenvalue weighted by Crippen LogP contribution is -2.00. The highest BCUT2D eigenvalue weighted by atomic mass is 15.1. The van der Waals surface area contributed by atoms with Gasteiger partial charge in [0, 0.05) is 33.4 Å². The number of aryl methyl sites for hydroxylation is 8. The molecule has 5 aromatic heterocycles. The summed E-state index contributed by atoms with van der Waals surface area (Å²) in [6.45, 7) is 17.6. The highest BCUT2D eigenvalue weighted by molar-refractivity contribution is 6.08. The second-order valence-electron chi connectivity index (χ2n) is 21.3. The second-order valence-corrected chi connectivity index (χ2v) is 21.3. The van der Waals surface area contributed by atoms with Crippen molar-refractivity contribution in [3.05, 3.63) is 251 Å². The van der Waals surface area contributed by atoms with Crippen LogP contribution in [-0.2, 0) is 0 Å². The van der Waals surface area contributed by atoms with Gasteiger partial charge in [-0.05, 0) is 158 Å². The maximum atomic E-state index is 5.84. The van der Waals surface area contributed by atoms with Gasteiger partial charge in [-0.15, -0.1) is 0 Å². The molecule has 0 amide bonds. The van der Waals surface area contributed by atoms with Crippen molar-refractivity contribution < 1.29 is 0 Å². The Labute approximate surface area is 466 Å². The zero-order chi connectivity index (χ0) is 54.8. The van der Waals surface area contributed by atoms with E-state index >= 15 is 0 Å². The van der Waals surface area contributed by atoms with Crippen LogP contribution in [0.1, 0.15) is 44.5 Å². The lowest BCUT2D eigenvalue weighted by Gasteiger charge is -2.13. The normalized spacial score (nSPS) is 11.5. The molecule has 0 aliphatic carbocycles. The molecule has 0 unspecified atom stereocenters. The molecule has 0 radical (unpaired) electrons. The van der Waals surface area contributed by atoms with E-state index in [2.05, 4.69) is 291 Å². The first-order valence-electron chi connectivity index (χ1n) is 27.5. The van der Waals surface area contributed by atoms with E-state index in [0.717, 1.165) is 157 Å². The van der Waals surface area contributed by atoms with Crippen LogP contribution in [0.25, 0.3) is 123 Å². The summed E-state index contributed by atoms with van der Waals surface area (Å²) in [6, 6.07) is 73.6. The summed E-state index contributed by atoms with van der Waals surface area (Å²) in [5, 5.41) is 0. The van der Waals surface area contributed by atoms with Crippen molar-refractivity contribution in [2.24, 2.45) is 0 Å². The van der Waals surface area contributed by atoms with Gasteiger partial charge in [-0.25, -0.2) is 9.97 Å². The predicted octanol–water partition coefficient (Wildman–Crippen LogP) is 18.7. The Balaban J connectivity index is 1.40. The first-order valence-corrected chi connectivity index (χ1v) is 27.5. The molecule has 8 heteroatoms. The highest BCUT2D eigenvalue weighted by Gasteiger charge is 2.29. The summed E-state index contributed by atoms with van der Waals surface area (Å²) in [5.41, 5.74) is 29.9. The molecule has 4 N–H and O–H groups in total. The summed E-state index contributed by atoms with van der Waals surface area (Å²) in [6.07, 6.45) is 0. The summed E-state index contributed by atoms with van der Waals surface area (Å²) >= 11 is 0. The SMILES string of the molecule is Cc1ccccc1-c1c(-c2ccccc2C)c2[nH]c1[nH]c1c(-c3ccccc3C)c(-c3ccccc3C)c(nc3ccc(nc4c(-c5ccccc5C)c(-c5ccccc5C)c([nH]2)n4-c2ccccc2C)[nH]3)n1-c1ccccc1C. The first kappa shape index (κ1) is 49.6. The standard InChI is InChI=1S/C72H62N8/c1-43-25-9-17-33-51(43)61-62(52-34-18-10-26-44(52)2)68-76-67(61)77-71-65(55-37-21-13-29-47(55)5)63(53-35-19-11-27-45(53)3)69(79(71)57-39-23-15-31-49(57)7)74-59-41-42-60(73-59)75-70-64(54-36-20-12-28-46(54)4)66(56-38-22-14-30-48(56)6)72(78-68)80(70)58-40-24-16-32-50(58)8/h9-42,76-78H,1-8H3,(H,73,74,75). The van der Waals surface area contributed by atoms with Gasteiger partial charge in [0.05, 0.1) is 11.4 Å². The maximum absolute atomic E-state index is 5.84. The third kappa shape index (κ3) is 8.39. The smallest absolute Gasteiger partial charge is 0.149 e. The summed E-state index contributed by atoms with van der Waals surface area (Å²) < 4.78 is 4.68. The first-order chi connectivity index (χ1) is 39.0. The van der Waals surface area contributed by atoms with Crippen molar-refractivity contribution in [2.45, 2.75) is 55.4 Å². The topological polar surface area (TPSA) is 98.8 Å². The van der Waals surface area contributed by atoms with E-state index in [1.54, 1.807) is 0 Å². The minimum Gasteiger partial charge on any atom is -0.327 e. The third-order valence-corrected chi connectivity index (χ3v) is 16.1. The van der Waals surface area contributed by atoms with Crippen LogP contribution >= 0.6 is 0 Å². The minimum atomic E-state index is 0.661. The summed E-state index contributed by atoms with van der Waals surface area (Å²) in [5.74, 6) is 0. The zero-order valence-corrected chi connectivity index (χ0v) is 46.4. The average molecular weight is 1040 g/mol. The molecule has 80 heavy (non-hydrogen) atoms. The molecular weight excluding hydrogens is 977 g/mol. The van der Waals surface area contributed by atoms with E-state index < -0.39 is 0 Å². The Morgan fingerprint density at radius 1 is 0.250 bits per heavy atom. The van der Waals surface area contributed by atoms with Crippen LogP contribution in [0.15, 0.2) is 206 Å². The van der Waals surface area contributed by atoms with E-state index in [0.29, 0.717) is 11.3 Å². The van der Waals surface area contributed by atoms with E-state index in [4.69, 9.17) is 9.97 Å². The third-order valence-electron chi connectivity index (χ3n) is 16.1. The zero-order valence-electron chi connectivity index (χ0n) is 46.4. The van der Waals surface area contributed by atoms with Gasteiger partial charge in [-0.3, -0.25) is 9.13 Å². The largest absolute Gasteiger partial charge is 0.327 e. The van der Waals surface area contributed by atoms with Crippen molar-refractivity contribution in [3.63, 3.8) is 0 Å². The number of aromatic nitrogens is 8. The minimum absolute atomic E-state index is 0.661. The van der Waals surface area contributed by atoms with E-state index in [9.17, 15) is 0 Å². The monoisotopic (exact) mass is 1040 g/mol. The molecule has 0 spiro atoms. The van der Waals surface area contributed by atoms with Crippen LogP contribution in [0, 0.1) is 55.4 Å². The molecule has 8 nitrogen and oxygen atoms in total. The molecule has 390 valence electrons. The quantitative estimate of drug-likeness (QED) is 0.122. The number of benzene rings is 8. The number of nitrogens with one attached hydrogen (secondary N) is 4. The maximum Gasteiger partial charge on any atom is 0.149 e. The van der Waals surface area contributed by atoms with Crippen LogP contribution < -0.4 is 0 Å². The molecular formula is C72H62N8. The molecule has 0 atom stereocenters. The van der Waals surface area contributed by atoms with Crippen LogP contribution in [0.3, 0.4) is 0 Å². The fourth-order valence-electron chi connectivity index (χ4n) is 12.0. The number of para-hydroxylation sites is 2. The lowest BCUT2D eigenvalue weighted by molar-refractivity contribution is 1.08. The molecule has 0 fully saturated rings. The van der Waals surface area contributed by atoms with Crippen LogP contribution in [0.2, 0.25) is 0 Å². The van der Waals surface area contributed by atoms with Crippen molar-refractivity contribution in [1.82, 2.24) is 39.0 Å². The van der Waals surface area contributed by atoms with E-state index in [1.807, 2.05) is 0 Å². The summed E-state index contributed by atoms with van der Waals surface area (Å²) in [7, 11) is 0. The van der Waals surface area contributed by atoms with Gasteiger partial charge < -0.3 is 19.9 Å². The predicted molar refractivity (Wildman–Crippen MR) is 334 cm³/mol. The van der Waals surface area contributed by atoms with Gasteiger partial charge >= 0.3 is 0 Å².